The number of nitrogens with zero attached hydrogens (tertiary/aromatic N) is 6. The lowest BCUT2D eigenvalue weighted by Crippen LogP contribution is -2.10. The molecule has 0 spiro atoms. The largest absolute Gasteiger partial charge is 0.417 e. The lowest BCUT2D eigenvalue weighted by molar-refractivity contribution is -0.137. The minimum Gasteiger partial charge on any atom is -0.309 e. The average molecular weight is 805 g/mol. The maximum atomic E-state index is 15.2. The van der Waals surface area contributed by atoms with Crippen LogP contribution in [0.4, 0.5) is 18.9 Å². The number of para-hydroxylation sites is 2. The van der Waals surface area contributed by atoms with Crippen molar-refractivity contribution in [1.82, 2.24) is 9.13 Å². The number of fused-ring (bicyclic) bond motifs is 6. The Hall–Kier alpha value is -8.89. The van der Waals surface area contributed by atoms with E-state index in [0.29, 0.717) is 33.7 Å². The third-order valence-corrected chi connectivity index (χ3v) is 11.4. The van der Waals surface area contributed by atoms with Gasteiger partial charge in [0.2, 0.25) is 0 Å². The molecule has 10 rings (SSSR count). The lowest BCUT2D eigenvalue weighted by atomic mass is 9.93. The molecule has 10 aromatic rings. The first-order valence-electron chi connectivity index (χ1n) is 19.4. The molecule has 6 nitrogen and oxygen atoms in total. The summed E-state index contributed by atoms with van der Waals surface area (Å²) >= 11 is 0. The molecule has 8 aromatic carbocycles. The monoisotopic (exact) mass is 804 g/mol. The second-order valence-corrected chi connectivity index (χ2v) is 14.9. The molecular formula is C53H27F3N6. The highest BCUT2D eigenvalue weighted by molar-refractivity contribution is 6.12. The van der Waals surface area contributed by atoms with E-state index in [2.05, 4.69) is 17.0 Å². The van der Waals surface area contributed by atoms with Crippen molar-refractivity contribution < 1.29 is 13.2 Å². The minimum atomic E-state index is -4.84. The van der Waals surface area contributed by atoms with Crippen molar-refractivity contribution in [2.75, 3.05) is 0 Å². The fraction of sp³-hybridized carbons (Fsp3) is 0.0189. The summed E-state index contributed by atoms with van der Waals surface area (Å²) in [6.07, 6.45) is -4.84. The standard InChI is InChI=1S/C53H27F3N6/c1-60-39-11-7-10-35(24-39)37-18-20-49-43(26-37)41-12-2-4-14-47(41)61(49)51-28-45(40-19-16-33(30-58)23-46(40)53(54,55)56)52(27-38(51)31-59)62-48-15-5-3-13-42(48)44-25-36(17-21-50(44)62)34-9-6-8-32(22-34)29-57/h2-28H. The van der Waals surface area contributed by atoms with E-state index in [4.69, 9.17) is 6.57 Å². The van der Waals surface area contributed by atoms with Crippen molar-refractivity contribution in [3.8, 4) is 63.0 Å². The second-order valence-electron chi connectivity index (χ2n) is 14.9. The predicted molar refractivity (Wildman–Crippen MR) is 237 cm³/mol. The molecule has 0 bridgehead atoms. The van der Waals surface area contributed by atoms with Crippen LogP contribution in [-0.4, -0.2) is 9.13 Å². The molecule has 0 N–H and O–H groups in total. The highest BCUT2D eigenvalue weighted by atomic mass is 19.4. The van der Waals surface area contributed by atoms with Crippen molar-refractivity contribution in [2.24, 2.45) is 0 Å². The molecule has 62 heavy (non-hydrogen) atoms. The van der Waals surface area contributed by atoms with Crippen LogP contribution >= 0.6 is 0 Å². The third kappa shape index (κ3) is 6.01. The molecule has 2 heterocycles. The van der Waals surface area contributed by atoms with Gasteiger partial charge in [-0.3, -0.25) is 0 Å². The fourth-order valence-electron chi connectivity index (χ4n) is 8.68. The van der Waals surface area contributed by atoms with Gasteiger partial charge in [0.1, 0.15) is 6.07 Å². The number of hydrogen-bond acceptors (Lipinski definition) is 3. The Morgan fingerprint density at radius 1 is 0.452 bits per heavy atom. The number of alkyl halides is 3. The van der Waals surface area contributed by atoms with Gasteiger partial charge in [0.15, 0.2) is 5.69 Å². The quantitative estimate of drug-likeness (QED) is 0.162. The molecule has 0 saturated carbocycles. The topological polar surface area (TPSA) is 85.6 Å². The zero-order valence-electron chi connectivity index (χ0n) is 32.4. The van der Waals surface area contributed by atoms with Crippen LogP contribution in [0.25, 0.3) is 93.2 Å². The maximum absolute atomic E-state index is 15.2. The van der Waals surface area contributed by atoms with E-state index in [9.17, 15) is 15.8 Å². The first kappa shape index (κ1) is 37.4. The molecule has 0 unspecified atom stereocenters. The number of rotatable bonds is 5. The van der Waals surface area contributed by atoms with Crippen LogP contribution in [0.3, 0.4) is 0 Å². The Labute approximate surface area is 352 Å². The average Bonchev–Trinajstić information content (AvgIpc) is 3.82. The smallest absolute Gasteiger partial charge is 0.309 e. The normalized spacial score (nSPS) is 11.4. The van der Waals surface area contributed by atoms with Gasteiger partial charge in [-0.15, -0.1) is 0 Å². The van der Waals surface area contributed by atoms with Crippen LogP contribution in [0.2, 0.25) is 0 Å². The van der Waals surface area contributed by atoms with Gasteiger partial charge in [0.25, 0.3) is 0 Å². The highest BCUT2D eigenvalue weighted by Crippen LogP contribution is 2.45. The molecule has 0 radical (unpaired) electrons. The summed E-state index contributed by atoms with van der Waals surface area (Å²) in [6, 6.07) is 55.0. The first-order valence-corrected chi connectivity index (χ1v) is 19.4. The number of nitriles is 3. The van der Waals surface area contributed by atoms with Crippen molar-refractivity contribution in [2.45, 2.75) is 6.18 Å². The molecule has 9 heteroatoms. The van der Waals surface area contributed by atoms with E-state index < -0.39 is 11.7 Å². The third-order valence-electron chi connectivity index (χ3n) is 11.4. The summed E-state index contributed by atoms with van der Waals surface area (Å²) in [7, 11) is 0. The van der Waals surface area contributed by atoms with Gasteiger partial charge in [-0.2, -0.15) is 29.0 Å². The van der Waals surface area contributed by atoms with Crippen LogP contribution in [0, 0.1) is 40.6 Å². The van der Waals surface area contributed by atoms with Gasteiger partial charge in [-0.1, -0.05) is 84.9 Å². The Morgan fingerprint density at radius 3 is 1.60 bits per heavy atom. The van der Waals surface area contributed by atoms with Gasteiger partial charge in [0.05, 0.1) is 74.4 Å². The molecule has 2 aromatic heterocycles. The Kier molecular flexibility index (Phi) is 8.70. The first-order chi connectivity index (χ1) is 30.2. The van der Waals surface area contributed by atoms with Gasteiger partial charge >= 0.3 is 6.18 Å². The molecule has 0 fully saturated rings. The van der Waals surface area contributed by atoms with Gasteiger partial charge in [-0.25, -0.2) is 4.85 Å². The molecule has 0 aliphatic carbocycles. The number of halogens is 3. The highest BCUT2D eigenvalue weighted by Gasteiger charge is 2.35. The Balaban J connectivity index is 1.29. The summed E-state index contributed by atoms with van der Waals surface area (Å²) in [4.78, 5) is 3.59. The molecular weight excluding hydrogens is 778 g/mol. The zero-order chi connectivity index (χ0) is 42.7. The van der Waals surface area contributed by atoms with E-state index >= 15 is 13.2 Å². The number of hydrogen-bond donors (Lipinski definition) is 0. The fourth-order valence-corrected chi connectivity index (χ4v) is 8.68. The minimum absolute atomic E-state index is 0.138. The van der Waals surface area contributed by atoms with E-state index in [0.717, 1.165) is 60.9 Å². The van der Waals surface area contributed by atoms with Gasteiger partial charge in [-0.05, 0) is 107 Å². The molecule has 0 saturated heterocycles. The molecule has 0 amide bonds. The molecule has 0 aliphatic heterocycles. The van der Waals surface area contributed by atoms with Gasteiger partial charge < -0.3 is 9.13 Å². The van der Waals surface area contributed by atoms with Gasteiger partial charge in [0, 0.05) is 27.1 Å². The van der Waals surface area contributed by atoms with Crippen LogP contribution in [0.1, 0.15) is 22.3 Å². The van der Waals surface area contributed by atoms with Crippen LogP contribution < -0.4 is 0 Å². The Bertz CT molecular complexity index is 3690. The summed E-state index contributed by atoms with van der Waals surface area (Å²) in [5.74, 6) is 0. The van der Waals surface area contributed by atoms with Crippen molar-refractivity contribution in [3.05, 3.63) is 197 Å². The Morgan fingerprint density at radius 2 is 1.00 bits per heavy atom. The molecule has 0 aliphatic rings. The number of aromatic nitrogens is 2. The lowest BCUT2D eigenvalue weighted by Gasteiger charge is -2.21. The predicted octanol–water partition coefficient (Wildman–Crippen LogP) is 14.1. The number of benzene rings is 8. The van der Waals surface area contributed by atoms with E-state index in [1.807, 2.05) is 137 Å². The molecule has 290 valence electrons. The van der Waals surface area contributed by atoms with Crippen molar-refractivity contribution in [1.29, 1.82) is 15.8 Å². The van der Waals surface area contributed by atoms with Crippen molar-refractivity contribution in [3.63, 3.8) is 0 Å². The second kappa shape index (κ2) is 14.4. The molecule has 0 atom stereocenters. The maximum Gasteiger partial charge on any atom is 0.417 e. The van der Waals surface area contributed by atoms with E-state index in [1.54, 1.807) is 24.3 Å². The van der Waals surface area contributed by atoms with Crippen LogP contribution in [-0.2, 0) is 6.18 Å². The summed E-state index contributed by atoms with van der Waals surface area (Å²) < 4.78 is 49.5. The van der Waals surface area contributed by atoms with Crippen molar-refractivity contribution >= 4 is 49.3 Å². The zero-order valence-corrected chi connectivity index (χ0v) is 32.4. The van der Waals surface area contributed by atoms with E-state index in [1.165, 1.54) is 12.1 Å². The SMILES string of the molecule is [C-]#[N+]c1cccc(-c2ccc3c(c2)c2ccccc2n3-c2cc(-c3ccc(C#N)cc3C(F)(F)F)c(-n3c4ccccc4c4cc(-c5cccc(C#N)c5)ccc43)cc2C#N)c1. The summed E-state index contributed by atoms with van der Waals surface area (Å²) in [6.45, 7) is 7.53. The van der Waals surface area contributed by atoms with E-state index in [-0.39, 0.29) is 22.3 Å². The van der Waals surface area contributed by atoms with Crippen LogP contribution in [0.15, 0.2) is 164 Å². The van der Waals surface area contributed by atoms with Crippen LogP contribution in [0.5, 0.6) is 0 Å². The summed E-state index contributed by atoms with van der Waals surface area (Å²) in [5, 5.41) is 33.7. The summed E-state index contributed by atoms with van der Waals surface area (Å²) in [5.41, 5.74) is 7.16.